The summed E-state index contributed by atoms with van der Waals surface area (Å²) in [6.07, 6.45) is 1.70. The van der Waals surface area contributed by atoms with Gasteiger partial charge in [0, 0.05) is 0 Å². The molecule has 0 aromatic carbocycles. The van der Waals surface area contributed by atoms with Crippen molar-refractivity contribution in [2.24, 2.45) is 0 Å². The molecule has 0 unspecified atom stereocenters. The first-order chi connectivity index (χ1) is 4.83. The molecule has 0 aliphatic carbocycles. The summed E-state index contributed by atoms with van der Waals surface area (Å²) in [6, 6.07) is 0. The summed E-state index contributed by atoms with van der Waals surface area (Å²) in [7, 11) is 0. The molecule has 1 heterocycles. The van der Waals surface area contributed by atoms with Crippen LogP contribution in [0.4, 0.5) is 0 Å². The molecule has 0 fully saturated rings. The standard InChI is InChI=1S/C5H6N2S.C2H6/c1-3-5-7-6-4(2)8-5;1-2/h3H,1H2,2H3;1-2H3. The summed E-state index contributed by atoms with van der Waals surface area (Å²) in [6.45, 7) is 9.47. The third kappa shape index (κ3) is 2.73. The van der Waals surface area contributed by atoms with E-state index in [0.29, 0.717) is 0 Å². The van der Waals surface area contributed by atoms with Gasteiger partial charge in [-0.3, -0.25) is 0 Å². The molecule has 56 valence electrons. The van der Waals surface area contributed by atoms with Crippen molar-refractivity contribution in [3.05, 3.63) is 16.6 Å². The van der Waals surface area contributed by atoms with Gasteiger partial charge in [0.25, 0.3) is 0 Å². The minimum absolute atomic E-state index is 0.891. The van der Waals surface area contributed by atoms with Gasteiger partial charge in [-0.1, -0.05) is 31.8 Å². The SMILES string of the molecule is C=Cc1nnc(C)s1.CC. The Balaban J connectivity index is 0.000000371. The Morgan fingerprint density at radius 2 is 2.00 bits per heavy atom. The molecule has 0 N–H and O–H groups in total. The largest absolute Gasteiger partial charge is 0.144 e. The fourth-order valence-electron chi connectivity index (χ4n) is 0.394. The van der Waals surface area contributed by atoms with E-state index < -0.39 is 0 Å². The minimum Gasteiger partial charge on any atom is -0.144 e. The fourth-order valence-corrected chi connectivity index (χ4v) is 0.944. The van der Waals surface area contributed by atoms with Crippen LogP contribution in [0.3, 0.4) is 0 Å². The monoisotopic (exact) mass is 156 g/mol. The molecule has 0 aliphatic heterocycles. The van der Waals surface area contributed by atoms with Crippen LogP contribution in [-0.4, -0.2) is 10.2 Å². The van der Waals surface area contributed by atoms with Crippen molar-refractivity contribution in [2.45, 2.75) is 20.8 Å². The van der Waals surface area contributed by atoms with Crippen molar-refractivity contribution in [1.29, 1.82) is 0 Å². The zero-order valence-electron chi connectivity index (χ0n) is 6.59. The van der Waals surface area contributed by atoms with E-state index in [-0.39, 0.29) is 0 Å². The maximum atomic E-state index is 3.78. The van der Waals surface area contributed by atoms with Crippen molar-refractivity contribution >= 4 is 17.4 Å². The number of nitrogens with zero attached hydrogens (tertiary/aromatic N) is 2. The van der Waals surface area contributed by atoms with Crippen molar-refractivity contribution < 1.29 is 0 Å². The van der Waals surface area contributed by atoms with Crippen LogP contribution in [0.25, 0.3) is 6.08 Å². The quantitative estimate of drug-likeness (QED) is 0.624. The van der Waals surface area contributed by atoms with Crippen molar-refractivity contribution in [1.82, 2.24) is 10.2 Å². The number of hydrogen-bond donors (Lipinski definition) is 0. The molecule has 10 heavy (non-hydrogen) atoms. The van der Waals surface area contributed by atoms with E-state index in [1.807, 2.05) is 20.8 Å². The first-order valence-electron chi connectivity index (χ1n) is 3.25. The van der Waals surface area contributed by atoms with Gasteiger partial charge in [0.2, 0.25) is 0 Å². The van der Waals surface area contributed by atoms with Gasteiger partial charge in [-0.05, 0) is 13.0 Å². The summed E-state index contributed by atoms with van der Waals surface area (Å²) in [4.78, 5) is 0. The Hall–Kier alpha value is -0.700. The number of aryl methyl sites for hydroxylation is 1. The van der Waals surface area contributed by atoms with E-state index in [9.17, 15) is 0 Å². The maximum absolute atomic E-state index is 3.78. The van der Waals surface area contributed by atoms with Crippen molar-refractivity contribution in [2.75, 3.05) is 0 Å². The molecule has 0 saturated carbocycles. The normalized spacial score (nSPS) is 7.90. The lowest BCUT2D eigenvalue weighted by Gasteiger charge is -1.68. The minimum atomic E-state index is 0.891. The summed E-state index contributed by atoms with van der Waals surface area (Å²) in [5, 5.41) is 9.45. The molecule has 0 aliphatic rings. The van der Waals surface area contributed by atoms with Gasteiger partial charge in [0.1, 0.15) is 10.0 Å². The molecular weight excluding hydrogens is 144 g/mol. The molecular formula is C7H12N2S. The highest BCUT2D eigenvalue weighted by Gasteiger charge is 1.90. The van der Waals surface area contributed by atoms with Crippen LogP contribution in [0.2, 0.25) is 0 Å². The van der Waals surface area contributed by atoms with E-state index in [1.165, 1.54) is 0 Å². The van der Waals surface area contributed by atoms with Crippen LogP contribution < -0.4 is 0 Å². The predicted octanol–water partition coefficient (Wildman–Crippen LogP) is 2.52. The highest BCUT2D eigenvalue weighted by molar-refractivity contribution is 7.12. The molecule has 0 radical (unpaired) electrons. The second-order valence-electron chi connectivity index (χ2n) is 1.36. The molecule has 1 aromatic rings. The van der Waals surface area contributed by atoms with Crippen LogP contribution in [0.15, 0.2) is 6.58 Å². The molecule has 1 aromatic heterocycles. The second kappa shape index (κ2) is 5.11. The van der Waals surface area contributed by atoms with Crippen molar-refractivity contribution in [3.63, 3.8) is 0 Å². The summed E-state index contributed by atoms with van der Waals surface area (Å²) >= 11 is 1.55. The zero-order valence-corrected chi connectivity index (χ0v) is 7.40. The molecule has 0 bridgehead atoms. The van der Waals surface area contributed by atoms with E-state index >= 15 is 0 Å². The van der Waals surface area contributed by atoms with Gasteiger partial charge in [-0.25, -0.2) is 0 Å². The van der Waals surface area contributed by atoms with Gasteiger partial charge in [-0.15, -0.1) is 10.2 Å². The fraction of sp³-hybridized carbons (Fsp3) is 0.429. The van der Waals surface area contributed by atoms with Crippen LogP contribution in [0, 0.1) is 6.92 Å². The van der Waals surface area contributed by atoms with Gasteiger partial charge in [0.15, 0.2) is 0 Å². The highest BCUT2D eigenvalue weighted by Crippen LogP contribution is 2.07. The Bertz CT molecular complexity index is 193. The third-order valence-electron chi connectivity index (χ3n) is 0.716. The maximum Gasteiger partial charge on any atom is 0.139 e. The lowest BCUT2D eigenvalue weighted by molar-refractivity contribution is 1.04. The van der Waals surface area contributed by atoms with Gasteiger partial charge >= 0.3 is 0 Å². The number of hydrogen-bond acceptors (Lipinski definition) is 3. The first-order valence-corrected chi connectivity index (χ1v) is 4.07. The Morgan fingerprint density at radius 1 is 1.40 bits per heavy atom. The second-order valence-corrected chi connectivity index (χ2v) is 2.58. The average molecular weight is 156 g/mol. The van der Waals surface area contributed by atoms with Crippen LogP contribution in [0.1, 0.15) is 23.9 Å². The molecule has 2 nitrogen and oxygen atoms in total. The Kier molecular flexibility index (Phi) is 4.76. The first kappa shape index (κ1) is 9.30. The summed E-state index contributed by atoms with van der Waals surface area (Å²) < 4.78 is 0. The summed E-state index contributed by atoms with van der Waals surface area (Å²) in [5.41, 5.74) is 0. The third-order valence-corrected chi connectivity index (χ3v) is 1.55. The van der Waals surface area contributed by atoms with Crippen LogP contribution >= 0.6 is 11.3 Å². The van der Waals surface area contributed by atoms with Crippen molar-refractivity contribution in [3.8, 4) is 0 Å². The number of rotatable bonds is 1. The van der Waals surface area contributed by atoms with Gasteiger partial charge in [-0.2, -0.15) is 0 Å². The molecule has 0 spiro atoms. The molecule has 3 heteroatoms. The van der Waals surface area contributed by atoms with E-state index in [0.717, 1.165) is 10.0 Å². The lowest BCUT2D eigenvalue weighted by atomic mass is 10.7. The van der Waals surface area contributed by atoms with Gasteiger partial charge in [0.05, 0.1) is 0 Å². The van der Waals surface area contributed by atoms with E-state index in [1.54, 1.807) is 17.4 Å². The van der Waals surface area contributed by atoms with Gasteiger partial charge < -0.3 is 0 Å². The van der Waals surface area contributed by atoms with E-state index in [4.69, 9.17) is 0 Å². The molecule has 1 rings (SSSR count). The molecule has 0 amide bonds. The smallest absolute Gasteiger partial charge is 0.139 e. The molecule has 0 atom stereocenters. The summed E-state index contributed by atoms with van der Waals surface area (Å²) in [5.74, 6) is 0. The zero-order chi connectivity index (χ0) is 7.98. The highest BCUT2D eigenvalue weighted by atomic mass is 32.1. The Labute approximate surface area is 65.6 Å². The van der Waals surface area contributed by atoms with Crippen LogP contribution in [-0.2, 0) is 0 Å². The van der Waals surface area contributed by atoms with Crippen LogP contribution in [0.5, 0.6) is 0 Å². The average Bonchev–Trinajstić information content (AvgIpc) is 2.40. The lowest BCUT2D eigenvalue weighted by Crippen LogP contribution is -1.68. The molecule has 0 saturated heterocycles. The van der Waals surface area contributed by atoms with E-state index in [2.05, 4.69) is 16.8 Å². The topological polar surface area (TPSA) is 25.8 Å². The Morgan fingerprint density at radius 3 is 2.20 bits per heavy atom. The predicted molar refractivity (Wildman–Crippen MR) is 46.1 cm³/mol. The number of aromatic nitrogens is 2.